The van der Waals surface area contributed by atoms with E-state index in [1.807, 2.05) is 0 Å². The van der Waals surface area contributed by atoms with E-state index in [-0.39, 0.29) is 21.9 Å². The number of hydrogen-bond donors (Lipinski definition) is 2. The predicted molar refractivity (Wildman–Crippen MR) is 100 cm³/mol. The van der Waals surface area contributed by atoms with Gasteiger partial charge in [-0.25, -0.2) is 18.4 Å². The Balaban J connectivity index is 2.01. The van der Waals surface area contributed by atoms with Crippen molar-refractivity contribution in [2.45, 2.75) is 4.90 Å². The summed E-state index contributed by atoms with van der Waals surface area (Å²) in [4.78, 5) is 24.5. The van der Waals surface area contributed by atoms with Crippen LogP contribution < -0.4 is 20.9 Å². The van der Waals surface area contributed by atoms with Crippen LogP contribution in [-0.4, -0.2) is 30.6 Å². The molecule has 1 amide bonds. The zero-order valence-electron chi connectivity index (χ0n) is 14.9. The minimum Gasteiger partial charge on any atom is -0.496 e. The molecule has 142 valence electrons. The summed E-state index contributed by atoms with van der Waals surface area (Å²) in [5.41, 5.74) is 1.64. The van der Waals surface area contributed by atoms with E-state index in [0.29, 0.717) is 16.7 Å². The second-order valence-corrected chi connectivity index (χ2v) is 7.53. The summed E-state index contributed by atoms with van der Waals surface area (Å²) in [6, 6.07) is 8.79. The van der Waals surface area contributed by atoms with Gasteiger partial charge in [0, 0.05) is 19.8 Å². The van der Waals surface area contributed by atoms with E-state index in [4.69, 9.17) is 9.88 Å². The highest BCUT2D eigenvalue weighted by Crippen LogP contribution is 2.24. The van der Waals surface area contributed by atoms with Crippen LogP contribution in [0.5, 0.6) is 5.75 Å². The number of nitrogens with zero attached hydrogens (tertiary/aromatic N) is 2. The van der Waals surface area contributed by atoms with Crippen molar-refractivity contribution in [1.82, 2.24) is 9.13 Å². The van der Waals surface area contributed by atoms with Gasteiger partial charge in [0.15, 0.2) is 0 Å². The van der Waals surface area contributed by atoms with Crippen molar-refractivity contribution in [3.63, 3.8) is 0 Å². The second-order valence-electron chi connectivity index (χ2n) is 5.97. The summed E-state index contributed by atoms with van der Waals surface area (Å²) in [6.45, 7) is 0. The van der Waals surface area contributed by atoms with E-state index in [9.17, 15) is 18.0 Å². The number of aryl methyl sites for hydroxylation is 2. The van der Waals surface area contributed by atoms with Gasteiger partial charge < -0.3 is 10.1 Å². The lowest BCUT2D eigenvalue weighted by atomic mass is 10.1. The zero-order valence-corrected chi connectivity index (χ0v) is 15.7. The fourth-order valence-corrected chi connectivity index (χ4v) is 3.36. The normalized spacial score (nSPS) is 11.6. The molecule has 0 bridgehead atoms. The Morgan fingerprint density at radius 2 is 1.74 bits per heavy atom. The first-order valence-electron chi connectivity index (χ1n) is 7.81. The molecule has 0 aliphatic heterocycles. The Bertz CT molecular complexity index is 1220. The van der Waals surface area contributed by atoms with Crippen molar-refractivity contribution in [2.24, 2.45) is 19.2 Å². The van der Waals surface area contributed by atoms with Gasteiger partial charge in [0.05, 0.1) is 28.6 Å². The minimum atomic E-state index is -3.97. The molecular formula is C17H18N4O5S. The molecule has 1 heterocycles. The first-order valence-corrected chi connectivity index (χ1v) is 9.36. The minimum absolute atomic E-state index is 0.0195. The van der Waals surface area contributed by atoms with Crippen molar-refractivity contribution in [3.8, 4) is 5.75 Å². The van der Waals surface area contributed by atoms with Crippen molar-refractivity contribution < 1.29 is 17.9 Å². The number of imidazole rings is 1. The van der Waals surface area contributed by atoms with Crippen LogP contribution in [0.15, 0.2) is 46.1 Å². The van der Waals surface area contributed by atoms with E-state index in [0.717, 1.165) is 6.07 Å². The van der Waals surface area contributed by atoms with Gasteiger partial charge in [0.25, 0.3) is 5.91 Å². The molecule has 0 unspecified atom stereocenters. The van der Waals surface area contributed by atoms with Crippen LogP contribution >= 0.6 is 0 Å². The lowest BCUT2D eigenvalue weighted by molar-refractivity contribution is 0.102. The largest absolute Gasteiger partial charge is 0.496 e. The number of rotatable bonds is 4. The van der Waals surface area contributed by atoms with Crippen molar-refractivity contribution in [2.75, 3.05) is 12.4 Å². The summed E-state index contributed by atoms with van der Waals surface area (Å²) >= 11 is 0. The molecule has 10 heteroatoms. The maximum Gasteiger partial charge on any atom is 0.328 e. The molecule has 1 aromatic heterocycles. The number of anilines is 1. The number of methoxy groups -OCH3 is 1. The number of nitrogens with one attached hydrogen (secondary N) is 1. The van der Waals surface area contributed by atoms with E-state index >= 15 is 0 Å². The number of primary sulfonamides is 1. The first-order chi connectivity index (χ1) is 12.6. The fourth-order valence-electron chi connectivity index (χ4n) is 2.82. The third-order valence-corrected chi connectivity index (χ3v) is 5.18. The smallest absolute Gasteiger partial charge is 0.328 e. The highest BCUT2D eigenvalue weighted by molar-refractivity contribution is 7.89. The molecule has 0 fully saturated rings. The van der Waals surface area contributed by atoms with Crippen LogP contribution in [0.4, 0.5) is 5.69 Å². The average Bonchev–Trinajstić information content (AvgIpc) is 2.84. The molecule has 3 aromatic rings. The number of ether oxygens (including phenoxy) is 1. The Kier molecular flexibility index (Phi) is 4.54. The predicted octanol–water partition coefficient (Wildman–Crippen LogP) is 0.785. The molecule has 0 radical (unpaired) electrons. The zero-order chi connectivity index (χ0) is 19.9. The van der Waals surface area contributed by atoms with Gasteiger partial charge >= 0.3 is 5.69 Å². The number of nitrogens with two attached hydrogens (primary N) is 1. The summed E-state index contributed by atoms with van der Waals surface area (Å²) in [5, 5.41) is 7.81. The van der Waals surface area contributed by atoms with Crippen LogP contribution in [-0.2, 0) is 24.1 Å². The highest BCUT2D eigenvalue weighted by Gasteiger charge is 2.18. The molecule has 0 aliphatic rings. The van der Waals surface area contributed by atoms with E-state index in [2.05, 4.69) is 5.32 Å². The van der Waals surface area contributed by atoms with Crippen molar-refractivity contribution in [1.29, 1.82) is 0 Å². The lowest BCUT2D eigenvalue weighted by Gasteiger charge is -2.11. The Hall–Kier alpha value is -3.11. The molecule has 0 aliphatic carbocycles. The molecule has 0 saturated heterocycles. The summed E-state index contributed by atoms with van der Waals surface area (Å²) in [5.74, 6) is -0.370. The summed E-state index contributed by atoms with van der Waals surface area (Å²) < 4.78 is 31.2. The van der Waals surface area contributed by atoms with Crippen LogP contribution in [0.25, 0.3) is 11.0 Å². The SMILES string of the molecule is COc1ccc(S(N)(=O)=O)cc1C(=O)Nc1ccc2c(c1)n(C)c(=O)n2C. The van der Waals surface area contributed by atoms with Crippen LogP contribution in [0, 0.1) is 0 Å². The molecule has 9 nitrogen and oxygen atoms in total. The van der Waals surface area contributed by atoms with Gasteiger partial charge in [-0.05, 0) is 36.4 Å². The van der Waals surface area contributed by atoms with Crippen LogP contribution in [0.3, 0.4) is 0 Å². The van der Waals surface area contributed by atoms with Crippen molar-refractivity contribution >= 4 is 32.7 Å². The highest BCUT2D eigenvalue weighted by atomic mass is 32.2. The topological polar surface area (TPSA) is 125 Å². The number of carbonyl (C=O) groups excluding carboxylic acids is 1. The Labute approximate surface area is 155 Å². The van der Waals surface area contributed by atoms with Gasteiger partial charge in [-0.15, -0.1) is 0 Å². The number of amides is 1. The number of carbonyl (C=O) groups is 1. The number of hydrogen-bond acceptors (Lipinski definition) is 5. The Morgan fingerprint density at radius 3 is 2.37 bits per heavy atom. The maximum absolute atomic E-state index is 12.7. The van der Waals surface area contributed by atoms with Gasteiger partial charge in [-0.2, -0.15) is 0 Å². The molecule has 0 atom stereocenters. The number of aromatic nitrogens is 2. The van der Waals surface area contributed by atoms with Gasteiger partial charge in [0.2, 0.25) is 10.0 Å². The number of benzene rings is 2. The fraction of sp³-hybridized carbons (Fsp3) is 0.176. The lowest BCUT2D eigenvalue weighted by Crippen LogP contribution is -2.19. The second kappa shape index (κ2) is 6.56. The van der Waals surface area contributed by atoms with Gasteiger partial charge in [-0.1, -0.05) is 0 Å². The average molecular weight is 390 g/mol. The number of sulfonamides is 1. The summed E-state index contributed by atoms with van der Waals surface area (Å²) in [7, 11) is 0.693. The molecule has 0 spiro atoms. The number of fused-ring (bicyclic) bond motifs is 1. The molecule has 0 saturated carbocycles. The van der Waals surface area contributed by atoms with E-state index < -0.39 is 15.9 Å². The maximum atomic E-state index is 12.7. The van der Waals surface area contributed by atoms with E-state index in [1.165, 1.54) is 28.4 Å². The Morgan fingerprint density at radius 1 is 1.07 bits per heavy atom. The van der Waals surface area contributed by atoms with Gasteiger partial charge in [0.1, 0.15) is 5.75 Å². The van der Waals surface area contributed by atoms with Gasteiger partial charge in [-0.3, -0.25) is 13.9 Å². The quantitative estimate of drug-likeness (QED) is 0.681. The molecule has 2 aromatic carbocycles. The molecular weight excluding hydrogens is 372 g/mol. The molecule has 27 heavy (non-hydrogen) atoms. The molecule has 3 rings (SSSR count). The first kappa shape index (κ1) is 18.7. The monoisotopic (exact) mass is 390 g/mol. The van der Waals surface area contributed by atoms with Crippen LogP contribution in [0.1, 0.15) is 10.4 Å². The third kappa shape index (κ3) is 3.32. The van der Waals surface area contributed by atoms with Crippen LogP contribution in [0.2, 0.25) is 0 Å². The standard InChI is InChI=1S/C17H18N4O5S/c1-20-13-6-4-10(8-14(13)21(2)17(20)23)19-16(22)12-9-11(27(18,24)25)5-7-15(12)26-3/h4-9H,1-3H3,(H,19,22)(H2,18,24,25). The summed E-state index contributed by atoms with van der Waals surface area (Å²) in [6.07, 6.45) is 0. The van der Waals surface area contributed by atoms with Crippen molar-refractivity contribution in [3.05, 3.63) is 52.4 Å². The van der Waals surface area contributed by atoms with E-state index in [1.54, 1.807) is 32.3 Å². The third-order valence-electron chi connectivity index (χ3n) is 4.27. The molecule has 3 N–H and O–H groups in total.